The first-order valence-corrected chi connectivity index (χ1v) is 5.59. The lowest BCUT2D eigenvalue weighted by Gasteiger charge is -2.12. The molecule has 0 bridgehead atoms. The van der Waals surface area contributed by atoms with Gasteiger partial charge in [0.15, 0.2) is 0 Å². The third kappa shape index (κ3) is 3.60. The van der Waals surface area contributed by atoms with Crippen molar-refractivity contribution in [1.82, 2.24) is 4.98 Å². The van der Waals surface area contributed by atoms with Crippen LogP contribution in [0, 0.1) is 5.92 Å². The molecule has 1 aromatic rings. The molecule has 1 rings (SSSR count). The van der Waals surface area contributed by atoms with Crippen LogP contribution < -0.4 is 11.1 Å². The zero-order valence-electron chi connectivity index (χ0n) is 8.53. The molecule has 1 atom stereocenters. The minimum absolute atomic E-state index is 0.0517. The summed E-state index contributed by atoms with van der Waals surface area (Å²) in [5, 5.41) is 2.77. The van der Waals surface area contributed by atoms with E-state index in [4.69, 9.17) is 5.73 Å². The number of amides is 1. The SMILES string of the molecule is CCC(CN)C(=O)Nc1ccc(Br)nc1. The number of hydrogen-bond acceptors (Lipinski definition) is 3. The van der Waals surface area contributed by atoms with E-state index < -0.39 is 0 Å². The van der Waals surface area contributed by atoms with Gasteiger partial charge in [0, 0.05) is 6.54 Å². The molecule has 1 aromatic heterocycles. The van der Waals surface area contributed by atoms with E-state index in [1.807, 2.05) is 6.92 Å². The van der Waals surface area contributed by atoms with Gasteiger partial charge in [0.05, 0.1) is 17.8 Å². The fourth-order valence-electron chi connectivity index (χ4n) is 1.15. The summed E-state index contributed by atoms with van der Waals surface area (Å²) in [4.78, 5) is 15.6. The molecule has 0 aliphatic carbocycles. The highest BCUT2D eigenvalue weighted by atomic mass is 79.9. The second-order valence-corrected chi connectivity index (χ2v) is 4.01. The maximum atomic E-state index is 11.6. The molecule has 1 heterocycles. The molecule has 15 heavy (non-hydrogen) atoms. The van der Waals surface area contributed by atoms with Crippen LogP contribution in [0.4, 0.5) is 5.69 Å². The molecule has 0 aromatic carbocycles. The lowest BCUT2D eigenvalue weighted by Crippen LogP contribution is -2.28. The number of nitrogens with zero attached hydrogens (tertiary/aromatic N) is 1. The van der Waals surface area contributed by atoms with Gasteiger partial charge in [-0.25, -0.2) is 4.98 Å². The van der Waals surface area contributed by atoms with Crippen LogP contribution in [-0.2, 0) is 4.79 Å². The van der Waals surface area contributed by atoms with Crippen molar-refractivity contribution in [3.05, 3.63) is 22.9 Å². The zero-order chi connectivity index (χ0) is 11.3. The molecule has 0 radical (unpaired) electrons. The third-order valence-electron chi connectivity index (χ3n) is 2.14. The summed E-state index contributed by atoms with van der Waals surface area (Å²) in [6.45, 7) is 2.31. The molecule has 0 fully saturated rings. The fourth-order valence-corrected chi connectivity index (χ4v) is 1.39. The Morgan fingerprint density at radius 1 is 1.67 bits per heavy atom. The van der Waals surface area contributed by atoms with Crippen molar-refractivity contribution in [2.75, 3.05) is 11.9 Å². The summed E-state index contributed by atoms with van der Waals surface area (Å²) in [5.41, 5.74) is 6.17. The van der Waals surface area contributed by atoms with E-state index in [0.29, 0.717) is 12.2 Å². The lowest BCUT2D eigenvalue weighted by atomic mass is 10.1. The Labute approximate surface area is 97.4 Å². The summed E-state index contributed by atoms with van der Waals surface area (Å²) in [7, 11) is 0. The average molecular weight is 272 g/mol. The predicted octanol–water partition coefficient (Wildman–Crippen LogP) is 1.77. The minimum atomic E-state index is -0.131. The summed E-state index contributed by atoms with van der Waals surface area (Å²) >= 11 is 3.22. The van der Waals surface area contributed by atoms with E-state index in [2.05, 4.69) is 26.2 Å². The molecule has 0 saturated carbocycles. The summed E-state index contributed by atoms with van der Waals surface area (Å²) < 4.78 is 0.742. The lowest BCUT2D eigenvalue weighted by molar-refractivity contribution is -0.119. The van der Waals surface area contributed by atoms with Gasteiger partial charge < -0.3 is 11.1 Å². The first-order chi connectivity index (χ1) is 7.17. The van der Waals surface area contributed by atoms with Crippen molar-refractivity contribution < 1.29 is 4.79 Å². The van der Waals surface area contributed by atoms with E-state index >= 15 is 0 Å². The van der Waals surface area contributed by atoms with Crippen LogP contribution in [-0.4, -0.2) is 17.4 Å². The standard InChI is InChI=1S/C10H14BrN3O/c1-2-7(5-12)10(15)14-8-3-4-9(11)13-6-8/h3-4,6-7H,2,5,12H2,1H3,(H,14,15). The smallest absolute Gasteiger partial charge is 0.228 e. The molecular formula is C10H14BrN3O. The van der Waals surface area contributed by atoms with Crippen LogP contribution in [0.25, 0.3) is 0 Å². The number of hydrogen-bond donors (Lipinski definition) is 2. The van der Waals surface area contributed by atoms with Crippen LogP contribution in [0.3, 0.4) is 0 Å². The van der Waals surface area contributed by atoms with E-state index in [1.54, 1.807) is 18.3 Å². The Hall–Kier alpha value is -0.940. The normalized spacial score (nSPS) is 12.2. The quantitative estimate of drug-likeness (QED) is 0.821. The second kappa shape index (κ2) is 5.82. The number of nitrogens with one attached hydrogen (secondary N) is 1. The highest BCUT2D eigenvalue weighted by Crippen LogP contribution is 2.12. The molecule has 3 N–H and O–H groups in total. The van der Waals surface area contributed by atoms with E-state index in [-0.39, 0.29) is 11.8 Å². The first kappa shape index (κ1) is 12.1. The van der Waals surface area contributed by atoms with Gasteiger partial charge in [0.25, 0.3) is 0 Å². The Kier molecular flexibility index (Phi) is 4.71. The number of pyridine rings is 1. The number of carbonyl (C=O) groups is 1. The molecule has 1 amide bonds. The van der Waals surface area contributed by atoms with Gasteiger partial charge in [0.2, 0.25) is 5.91 Å². The summed E-state index contributed by atoms with van der Waals surface area (Å²) in [6.07, 6.45) is 2.34. The molecule has 4 nitrogen and oxygen atoms in total. The predicted molar refractivity (Wildman–Crippen MR) is 63.4 cm³/mol. The topological polar surface area (TPSA) is 68.0 Å². The number of aromatic nitrogens is 1. The number of halogens is 1. The maximum Gasteiger partial charge on any atom is 0.228 e. The molecule has 0 aliphatic rings. The van der Waals surface area contributed by atoms with Gasteiger partial charge in [-0.1, -0.05) is 6.92 Å². The Balaban J connectivity index is 2.61. The highest BCUT2D eigenvalue weighted by Gasteiger charge is 2.14. The second-order valence-electron chi connectivity index (χ2n) is 3.20. The van der Waals surface area contributed by atoms with Crippen LogP contribution >= 0.6 is 15.9 Å². The summed E-state index contributed by atoms with van der Waals surface area (Å²) in [5.74, 6) is -0.183. The number of carbonyl (C=O) groups excluding carboxylic acids is 1. The van der Waals surface area contributed by atoms with E-state index in [0.717, 1.165) is 11.0 Å². The van der Waals surface area contributed by atoms with Gasteiger partial charge in [-0.05, 0) is 34.5 Å². The van der Waals surface area contributed by atoms with Crippen LogP contribution in [0.5, 0.6) is 0 Å². The largest absolute Gasteiger partial charge is 0.330 e. The van der Waals surface area contributed by atoms with Crippen LogP contribution in [0.1, 0.15) is 13.3 Å². The van der Waals surface area contributed by atoms with E-state index in [9.17, 15) is 4.79 Å². The average Bonchev–Trinajstić information content (AvgIpc) is 2.23. The minimum Gasteiger partial charge on any atom is -0.330 e. The third-order valence-corrected chi connectivity index (χ3v) is 2.61. The van der Waals surface area contributed by atoms with Gasteiger partial charge in [-0.15, -0.1) is 0 Å². The van der Waals surface area contributed by atoms with E-state index in [1.165, 1.54) is 0 Å². The monoisotopic (exact) mass is 271 g/mol. The Bertz CT molecular complexity index is 322. The Morgan fingerprint density at radius 3 is 2.87 bits per heavy atom. The van der Waals surface area contributed by atoms with Gasteiger partial charge >= 0.3 is 0 Å². The van der Waals surface area contributed by atoms with Crippen molar-refractivity contribution in [2.45, 2.75) is 13.3 Å². The van der Waals surface area contributed by atoms with Gasteiger partial charge in [-0.3, -0.25) is 4.79 Å². The summed E-state index contributed by atoms with van der Waals surface area (Å²) in [6, 6.07) is 3.57. The fraction of sp³-hybridized carbons (Fsp3) is 0.400. The number of rotatable bonds is 4. The van der Waals surface area contributed by atoms with Crippen molar-refractivity contribution >= 4 is 27.5 Å². The molecule has 0 saturated heterocycles. The molecule has 0 aliphatic heterocycles. The molecule has 0 spiro atoms. The first-order valence-electron chi connectivity index (χ1n) is 4.79. The van der Waals surface area contributed by atoms with Crippen molar-refractivity contribution in [3.8, 4) is 0 Å². The molecular weight excluding hydrogens is 258 g/mol. The molecule has 1 unspecified atom stereocenters. The van der Waals surface area contributed by atoms with Crippen molar-refractivity contribution in [2.24, 2.45) is 11.7 Å². The van der Waals surface area contributed by atoms with Gasteiger partial charge in [0.1, 0.15) is 4.60 Å². The number of nitrogens with two attached hydrogens (primary N) is 1. The van der Waals surface area contributed by atoms with Crippen LogP contribution in [0.15, 0.2) is 22.9 Å². The zero-order valence-corrected chi connectivity index (χ0v) is 10.1. The van der Waals surface area contributed by atoms with Crippen molar-refractivity contribution in [1.29, 1.82) is 0 Å². The molecule has 5 heteroatoms. The Morgan fingerprint density at radius 2 is 2.40 bits per heavy atom. The van der Waals surface area contributed by atoms with Crippen molar-refractivity contribution in [3.63, 3.8) is 0 Å². The number of anilines is 1. The highest BCUT2D eigenvalue weighted by molar-refractivity contribution is 9.10. The van der Waals surface area contributed by atoms with Crippen LogP contribution in [0.2, 0.25) is 0 Å². The molecule has 82 valence electrons. The van der Waals surface area contributed by atoms with Gasteiger partial charge in [-0.2, -0.15) is 0 Å². The maximum absolute atomic E-state index is 11.6.